The van der Waals surface area contributed by atoms with Gasteiger partial charge in [0.2, 0.25) is 0 Å². The van der Waals surface area contributed by atoms with Crippen molar-refractivity contribution in [3.63, 3.8) is 0 Å². The minimum atomic E-state index is -0.249. The first-order valence-corrected chi connectivity index (χ1v) is 9.69. The second kappa shape index (κ2) is 7.13. The molecular weight excluding hydrogens is 380 g/mol. The van der Waals surface area contributed by atoms with Gasteiger partial charge in [-0.15, -0.1) is 11.3 Å². The number of nitrogens with one attached hydrogen (secondary N) is 2. The average Bonchev–Trinajstić information content (AvgIpc) is 3.25. The fourth-order valence-electron chi connectivity index (χ4n) is 2.86. The summed E-state index contributed by atoms with van der Waals surface area (Å²) >= 11 is 7.42. The van der Waals surface area contributed by atoms with E-state index in [4.69, 9.17) is 11.6 Å². The van der Waals surface area contributed by atoms with Crippen molar-refractivity contribution in [2.75, 3.05) is 0 Å². The number of carbonyl (C=O) groups is 1. The molecule has 0 saturated carbocycles. The number of aromatic amines is 1. The lowest BCUT2D eigenvalue weighted by Crippen LogP contribution is -2.27. The first-order chi connectivity index (χ1) is 13.0. The zero-order valence-corrected chi connectivity index (χ0v) is 16.4. The number of halogens is 1. The Morgan fingerprint density at radius 2 is 2.00 bits per heavy atom. The summed E-state index contributed by atoms with van der Waals surface area (Å²) in [6.07, 6.45) is 0. The summed E-state index contributed by atoms with van der Waals surface area (Å²) in [5, 5.41) is 4.42. The molecule has 0 radical (unpaired) electrons. The molecule has 0 fully saturated rings. The van der Waals surface area contributed by atoms with Crippen LogP contribution in [0.2, 0.25) is 5.02 Å². The summed E-state index contributed by atoms with van der Waals surface area (Å²) in [5.74, 6) is 0.563. The molecule has 4 aromatic rings. The second-order valence-corrected chi connectivity index (χ2v) is 7.71. The van der Waals surface area contributed by atoms with Crippen LogP contribution >= 0.6 is 22.9 Å². The molecule has 0 bridgehead atoms. The van der Waals surface area contributed by atoms with E-state index in [-0.39, 0.29) is 11.9 Å². The van der Waals surface area contributed by atoms with Gasteiger partial charge in [-0.05, 0) is 38.1 Å². The zero-order chi connectivity index (χ0) is 19.0. The summed E-state index contributed by atoms with van der Waals surface area (Å²) in [4.78, 5) is 25.7. The Hall–Kier alpha value is -2.70. The van der Waals surface area contributed by atoms with Crippen LogP contribution in [0.15, 0.2) is 48.5 Å². The Bertz CT molecular complexity index is 1100. The largest absolute Gasteiger partial charge is 0.342 e. The minimum absolute atomic E-state index is 0.161. The number of hydrogen-bond donors (Lipinski definition) is 2. The number of carbonyl (C=O) groups excluding carboxylic acids is 1. The number of aromatic nitrogens is 3. The van der Waals surface area contributed by atoms with E-state index in [0.29, 0.717) is 15.6 Å². The molecule has 2 aromatic carbocycles. The molecule has 4 rings (SSSR count). The Morgan fingerprint density at radius 1 is 1.19 bits per heavy atom. The van der Waals surface area contributed by atoms with Crippen molar-refractivity contribution in [3.05, 3.63) is 69.9 Å². The van der Waals surface area contributed by atoms with Crippen molar-refractivity contribution in [1.29, 1.82) is 0 Å². The van der Waals surface area contributed by atoms with Gasteiger partial charge in [0.05, 0.1) is 22.8 Å². The van der Waals surface area contributed by atoms with E-state index in [2.05, 4.69) is 20.3 Å². The van der Waals surface area contributed by atoms with Gasteiger partial charge in [0.15, 0.2) is 0 Å². The minimum Gasteiger partial charge on any atom is -0.342 e. The van der Waals surface area contributed by atoms with Crippen LogP contribution in [0.5, 0.6) is 0 Å². The lowest BCUT2D eigenvalue weighted by atomic mass is 10.2. The molecule has 1 atom stereocenters. The molecule has 1 amide bonds. The smallest absolute Gasteiger partial charge is 0.263 e. The first-order valence-electron chi connectivity index (χ1n) is 8.50. The van der Waals surface area contributed by atoms with Gasteiger partial charge in [0.25, 0.3) is 5.91 Å². The van der Waals surface area contributed by atoms with Crippen molar-refractivity contribution >= 4 is 39.9 Å². The maximum absolute atomic E-state index is 12.8. The molecule has 5 nitrogen and oxygen atoms in total. The van der Waals surface area contributed by atoms with Crippen molar-refractivity contribution in [1.82, 2.24) is 20.3 Å². The lowest BCUT2D eigenvalue weighted by Gasteiger charge is -2.10. The fourth-order valence-corrected chi connectivity index (χ4v) is 4.02. The number of amides is 1. The summed E-state index contributed by atoms with van der Waals surface area (Å²) in [6, 6.07) is 15.0. The molecule has 2 aromatic heterocycles. The van der Waals surface area contributed by atoms with Crippen LogP contribution in [-0.4, -0.2) is 20.9 Å². The standard InChI is InChI=1S/C20H17ClN4OS/c1-11-17(27-20(23-11)13-6-5-7-14(21)10-13)19(26)22-12(2)18-24-15-8-3-4-9-16(15)25-18/h3-10,12H,1-2H3,(H,22,26)(H,24,25). The maximum atomic E-state index is 12.8. The van der Waals surface area contributed by atoms with E-state index < -0.39 is 0 Å². The van der Waals surface area contributed by atoms with E-state index in [1.807, 2.05) is 62.4 Å². The van der Waals surface area contributed by atoms with Crippen LogP contribution < -0.4 is 5.32 Å². The molecule has 0 aliphatic rings. The van der Waals surface area contributed by atoms with Crippen LogP contribution in [0.4, 0.5) is 0 Å². The van der Waals surface area contributed by atoms with E-state index >= 15 is 0 Å². The number of fused-ring (bicyclic) bond motifs is 1. The number of para-hydroxylation sites is 2. The average molecular weight is 397 g/mol. The van der Waals surface area contributed by atoms with Crippen LogP contribution in [0.25, 0.3) is 21.6 Å². The molecule has 1 unspecified atom stereocenters. The molecule has 0 saturated heterocycles. The number of nitrogens with zero attached hydrogens (tertiary/aromatic N) is 2. The molecule has 7 heteroatoms. The topological polar surface area (TPSA) is 70.7 Å². The molecule has 2 N–H and O–H groups in total. The normalized spacial score (nSPS) is 12.3. The number of hydrogen-bond acceptors (Lipinski definition) is 4. The number of aryl methyl sites for hydroxylation is 1. The number of thiazole rings is 1. The van der Waals surface area contributed by atoms with Gasteiger partial charge in [-0.2, -0.15) is 0 Å². The Kier molecular flexibility index (Phi) is 4.68. The molecule has 0 spiro atoms. The third kappa shape index (κ3) is 3.59. The zero-order valence-electron chi connectivity index (χ0n) is 14.8. The Balaban J connectivity index is 1.56. The van der Waals surface area contributed by atoms with Gasteiger partial charge in [-0.25, -0.2) is 9.97 Å². The molecule has 2 heterocycles. The number of benzene rings is 2. The van der Waals surface area contributed by atoms with E-state index in [0.717, 1.165) is 27.4 Å². The van der Waals surface area contributed by atoms with Gasteiger partial charge < -0.3 is 10.3 Å². The molecule has 27 heavy (non-hydrogen) atoms. The van der Waals surface area contributed by atoms with Crippen molar-refractivity contribution in [2.24, 2.45) is 0 Å². The monoisotopic (exact) mass is 396 g/mol. The van der Waals surface area contributed by atoms with Gasteiger partial charge in [0, 0.05) is 10.6 Å². The third-order valence-corrected chi connectivity index (χ3v) is 5.68. The highest BCUT2D eigenvalue weighted by atomic mass is 35.5. The van der Waals surface area contributed by atoms with Crippen molar-refractivity contribution < 1.29 is 4.79 Å². The summed E-state index contributed by atoms with van der Waals surface area (Å²) in [6.45, 7) is 3.75. The first kappa shape index (κ1) is 17.7. The van der Waals surface area contributed by atoms with Crippen molar-refractivity contribution in [3.8, 4) is 10.6 Å². The van der Waals surface area contributed by atoms with Crippen LogP contribution in [-0.2, 0) is 0 Å². The SMILES string of the molecule is Cc1nc(-c2cccc(Cl)c2)sc1C(=O)NC(C)c1nc2ccccc2[nH]1. The van der Waals surface area contributed by atoms with E-state index in [1.165, 1.54) is 11.3 Å². The number of rotatable bonds is 4. The van der Waals surface area contributed by atoms with Gasteiger partial charge in [0.1, 0.15) is 15.7 Å². The summed E-state index contributed by atoms with van der Waals surface area (Å²) < 4.78 is 0. The summed E-state index contributed by atoms with van der Waals surface area (Å²) in [5.41, 5.74) is 3.43. The van der Waals surface area contributed by atoms with Gasteiger partial charge in [-0.3, -0.25) is 4.79 Å². The van der Waals surface area contributed by atoms with Gasteiger partial charge >= 0.3 is 0 Å². The van der Waals surface area contributed by atoms with Gasteiger partial charge in [-0.1, -0.05) is 35.9 Å². The maximum Gasteiger partial charge on any atom is 0.263 e. The Labute approximate surface area is 165 Å². The molecule has 136 valence electrons. The van der Waals surface area contributed by atoms with Crippen molar-refractivity contribution in [2.45, 2.75) is 19.9 Å². The van der Waals surface area contributed by atoms with Crippen LogP contribution in [0.1, 0.15) is 34.2 Å². The third-order valence-electron chi connectivity index (χ3n) is 4.24. The Morgan fingerprint density at radius 3 is 2.78 bits per heavy atom. The predicted octanol–water partition coefficient (Wildman–Crippen LogP) is 5.14. The fraction of sp³-hybridized carbons (Fsp3) is 0.150. The lowest BCUT2D eigenvalue weighted by molar-refractivity contribution is 0.0941. The highest BCUT2D eigenvalue weighted by Gasteiger charge is 2.20. The van der Waals surface area contributed by atoms with Crippen LogP contribution in [0.3, 0.4) is 0 Å². The highest BCUT2D eigenvalue weighted by molar-refractivity contribution is 7.17. The predicted molar refractivity (Wildman–Crippen MR) is 109 cm³/mol. The second-order valence-electron chi connectivity index (χ2n) is 6.28. The molecule has 0 aliphatic heterocycles. The highest BCUT2D eigenvalue weighted by Crippen LogP contribution is 2.29. The summed E-state index contributed by atoms with van der Waals surface area (Å²) in [7, 11) is 0. The van der Waals surface area contributed by atoms with E-state index in [1.54, 1.807) is 0 Å². The van der Waals surface area contributed by atoms with Crippen LogP contribution in [0, 0.1) is 6.92 Å². The van der Waals surface area contributed by atoms with E-state index in [9.17, 15) is 4.79 Å². The molecule has 0 aliphatic carbocycles. The number of imidazole rings is 1. The quantitative estimate of drug-likeness (QED) is 0.501. The molecular formula is C20H17ClN4OS. The number of H-pyrrole nitrogens is 1.